The Balaban J connectivity index is 1.28. The summed E-state index contributed by atoms with van der Waals surface area (Å²) in [6.07, 6.45) is 6.19. The lowest BCUT2D eigenvalue weighted by atomic mass is 9.99. The maximum absolute atomic E-state index is 10.4. The molecule has 9 heteroatoms. The zero-order valence-electron chi connectivity index (χ0n) is 16.2. The Morgan fingerprint density at radius 3 is 2.79 bits per heavy atom. The van der Waals surface area contributed by atoms with Crippen LogP contribution in [-0.4, -0.2) is 68.4 Å². The fourth-order valence-corrected chi connectivity index (χ4v) is 3.92. The highest BCUT2D eigenvalue weighted by Gasteiger charge is 2.37. The molecule has 2 aliphatic heterocycles. The zero-order valence-corrected chi connectivity index (χ0v) is 16.2. The first-order valence-electron chi connectivity index (χ1n) is 9.72. The zero-order chi connectivity index (χ0) is 19.8. The molecule has 0 saturated carbocycles. The highest BCUT2D eigenvalue weighted by Crippen LogP contribution is 2.32. The summed E-state index contributed by atoms with van der Waals surface area (Å²) in [5, 5.41) is 29.4. The normalized spacial score (nSPS) is 20.6. The van der Waals surface area contributed by atoms with Crippen molar-refractivity contribution in [2.45, 2.75) is 24.9 Å². The minimum Gasteiger partial charge on any atom is -0.507 e. The molecule has 2 aliphatic rings. The second-order valence-electron chi connectivity index (χ2n) is 7.99. The van der Waals surface area contributed by atoms with Crippen LogP contribution in [-0.2, 0) is 4.74 Å². The third-order valence-corrected chi connectivity index (χ3v) is 5.52. The number of H-pyrrole nitrogens is 1. The number of aromatic amines is 1. The molecule has 29 heavy (non-hydrogen) atoms. The lowest BCUT2D eigenvalue weighted by molar-refractivity contribution is -0.0682. The van der Waals surface area contributed by atoms with Gasteiger partial charge in [-0.25, -0.2) is 4.98 Å². The van der Waals surface area contributed by atoms with Crippen LogP contribution in [0, 0.1) is 0 Å². The average molecular weight is 393 g/mol. The molecule has 0 bridgehead atoms. The number of nitrogens with one attached hydrogen (secondary N) is 2. The lowest BCUT2D eigenvalue weighted by Gasteiger charge is -2.41. The number of aromatic hydroxyl groups is 1. The van der Waals surface area contributed by atoms with E-state index in [-0.39, 0.29) is 11.3 Å². The van der Waals surface area contributed by atoms with Gasteiger partial charge in [0.15, 0.2) is 0 Å². The van der Waals surface area contributed by atoms with E-state index in [1.807, 2.05) is 12.1 Å². The quantitative estimate of drug-likeness (QED) is 0.599. The highest BCUT2D eigenvalue weighted by atomic mass is 16.5. The third kappa shape index (κ3) is 3.54. The van der Waals surface area contributed by atoms with Gasteiger partial charge in [0.2, 0.25) is 5.95 Å². The van der Waals surface area contributed by atoms with Crippen LogP contribution in [0.4, 0.5) is 5.95 Å². The number of phenolic OH excluding ortho intramolecular Hbond substituents is 1. The Hall–Kier alpha value is -3.04. The molecule has 0 spiro atoms. The van der Waals surface area contributed by atoms with Gasteiger partial charge >= 0.3 is 0 Å². The highest BCUT2D eigenvalue weighted by molar-refractivity contribution is 5.73. The predicted molar refractivity (Wildman–Crippen MR) is 107 cm³/mol. The number of nitrogens with zero attached hydrogens (tertiary/aromatic N) is 5. The molecule has 4 heterocycles. The van der Waals surface area contributed by atoms with Crippen LogP contribution in [0.2, 0.25) is 0 Å². The van der Waals surface area contributed by atoms with Crippen molar-refractivity contribution in [1.82, 2.24) is 30.7 Å². The van der Waals surface area contributed by atoms with Crippen LogP contribution in [0.25, 0.3) is 22.4 Å². The maximum atomic E-state index is 10.4. The molecule has 3 N–H and O–H groups in total. The maximum Gasteiger partial charge on any atom is 0.245 e. The summed E-state index contributed by atoms with van der Waals surface area (Å²) in [4.78, 5) is 6.63. The molecule has 2 aromatic heterocycles. The molecule has 0 aliphatic carbocycles. The Morgan fingerprint density at radius 1 is 1.24 bits per heavy atom. The SMILES string of the molecule is CC1(NC2CCN(c3ncc(-c4ccc(-c5cn[nH]c5)cc4O)nn3)C2)COC1. The molecule has 2 saturated heterocycles. The minimum absolute atomic E-state index is 0.0871. The van der Waals surface area contributed by atoms with Crippen LogP contribution in [0.5, 0.6) is 5.75 Å². The van der Waals surface area contributed by atoms with Crippen LogP contribution in [0.1, 0.15) is 13.3 Å². The van der Waals surface area contributed by atoms with Crippen molar-refractivity contribution in [3.05, 3.63) is 36.8 Å². The van der Waals surface area contributed by atoms with Gasteiger partial charge in [-0.15, -0.1) is 10.2 Å². The van der Waals surface area contributed by atoms with E-state index < -0.39 is 0 Å². The van der Waals surface area contributed by atoms with Crippen LogP contribution < -0.4 is 10.2 Å². The number of phenols is 1. The second kappa shape index (κ2) is 7.09. The van der Waals surface area contributed by atoms with Crippen LogP contribution in [0.3, 0.4) is 0 Å². The van der Waals surface area contributed by atoms with Crippen molar-refractivity contribution >= 4 is 5.95 Å². The monoisotopic (exact) mass is 393 g/mol. The summed E-state index contributed by atoms with van der Waals surface area (Å²) in [5.74, 6) is 0.747. The average Bonchev–Trinajstić information content (AvgIpc) is 3.39. The van der Waals surface area contributed by atoms with E-state index in [1.54, 1.807) is 24.7 Å². The summed E-state index contributed by atoms with van der Waals surface area (Å²) >= 11 is 0. The van der Waals surface area contributed by atoms with Gasteiger partial charge in [-0.05, 0) is 31.0 Å². The van der Waals surface area contributed by atoms with Gasteiger partial charge < -0.3 is 20.1 Å². The topological polar surface area (TPSA) is 112 Å². The van der Waals surface area contributed by atoms with Crippen molar-refractivity contribution < 1.29 is 9.84 Å². The molecular formula is C20H23N7O2. The molecule has 0 amide bonds. The van der Waals surface area contributed by atoms with Gasteiger partial charge in [0.25, 0.3) is 0 Å². The Kier molecular flexibility index (Phi) is 4.40. The van der Waals surface area contributed by atoms with Crippen molar-refractivity contribution in [2.75, 3.05) is 31.2 Å². The van der Waals surface area contributed by atoms with E-state index in [0.29, 0.717) is 23.2 Å². The van der Waals surface area contributed by atoms with Crippen molar-refractivity contribution in [1.29, 1.82) is 0 Å². The van der Waals surface area contributed by atoms with E-state index in [9.17, 15) is 5.11 Å². The fraction of sp³-hybridized carbons (Fsp3) is 0.400. The predicted octanol–water partition coefficient (Wildman–Crippen LogP) is 1.59. The van der Waals surface area contributed by atoms with Gasteiger partial charge in [0, 0.05) is 36.5 Å². The summed E-state index contributed by atoms with van der Waals surface area (Å²) in [6, 6.07) is 5.82. The number of ether oxygens (including phenoxy) is 1. The van der Waals surface area contributed by atoms with Gasteiger partial charge in [0.1, 0.15) is 11.4 Å². The number of hydrogen-bond donors (Lipinski definition) is 3. The van der Waals surface area contributed by atoms with E-state index in [1.165, 1.54) is 0 Å². The number of hydrogen-bond acceptors (Lipinski definition) is 8. The standard InChI is InChI=1S/C20H23N7O2/c1-20(11-29-12-20)24-15-4-5-27(10-15)19-21-9-17(25-26-19)16-3-2-13(6-18(16)28)14-7-22-23-8-14/h2-3,6-9,15,24,28H,4-5,10-12H2,1H3,(H,22,23). The molecular weight excluding hydrogens is 370 g/mol. The van der Waals surface area contributed by atoms with Gasteiger partial charge in [-0.3, -0.25) is 5.10 Å². The molecule has 3 aromatic rings. The first-order valence-corrected chi connectivity index (χ1v) is 9.72. The van der Waals surface area contributed by atoms with E-state index in [2.05, 4.69) is 42.5 Å². The number of benzene rings is 1. The van der Waals surface area contributed by atoms with Gasteiger partial charge in [-0.2, -0.15) is 5.10 Å². The molecule has 1 aromatic carbocycles. The molecule has 150 valence electrons. The smallest absolute Gasteiger partial charge is 0.245 e. The molecule has 0 radical (unpaired) electrons. The molecule has 1 unspecified atom stereocenters. The van der Waals surface area contributed by atoms with E-state index in [4.69, 9.17) is 4.74 Å². The Bertz CT molecular complexity index is 987. The van der Waals surface area contributed by atoms with E-state index in [0.717, 1.165) is 43.9 Å². The van der Waals surface area contributed by atoms with Crippen molar-refractivity contribution in [3.8, 4) is 28.1 Å². The molecule has 9 nitrogen and oxygen atoms in total. The Morgan fingerprint density at radius 2 is 2.14 bits per heavy atom. The Labute approximate surface area is 168 Å². The molecule has 2 fully saturated rings. The lowest BCUT2D eigenvalue weighted by Crippen LogP contribution is -2.61. The molecule has 5 rings (SSSR count). The van der Waals surface area contributed by atoms with E-state index >= 15 is 0 Å². The van der Waals surface area contributed by atoms with Gasteiger partial charge in [-0.1, -0.05) is 6.07 Å². The van der Waals surface area contributed by atoms with Crippen LogP contribution >= 0.6 is 0 Å². The summed E-state index contributed by atoms with van der Waals surface area (Å²) in [7, 11) is 0. The number of anilines is 1. The third-order valence-electron chi connectivity index (χ3n) is 5.52. The number of rotatable bonds is 5. The summed E-state index contributed by atoms with van der Waals surface area (Å²) < 4.78 is 5.32. The second-order valence-corrected chi connectivity index (χ2v) is 7.99. The first-order chi connectivity index (χ1) is 14.1. The first kappa shape index (κ1) is 18.0. The van der Waals surface area contributed by atoms with Crippen molar-refractivity contribution in [3.63, 3.8) is 0 Å². The van der Waals surface area contributed by atoms with Crippen LogP contribution in [0.15, 0.2) is 36.8 Å². The van der Waals surface area contributed by atoms with Gasteiger partial charge in [0.05, 0.1) is 31.1 Å². The fourth-order valence-electron chi connectivity index (χ4n) is 3.92. The minimum atomic E-state index is 0.0871. The largest absolute Gasteiger partial charge is 0.507 e. The number of aromatic nitrogens is 5. The molecule has 1 atom stereocenters. The summed E-state index contributed by atoms with van der Waals surface area (Å²) in [6.45, 7) is 5.45. The summed E-state index contributed by atoms with van der Waals surface area (Å²) in [5.41, 5.74) is 3.01. The van der Waals surface area contributed by atoms with Crippen molar-refractivity contribution in [2.24, 2.45) is 0 Å².